The molecule has 0 N–H and O–H groups in total. The lowest BCUT2D eigenvalue weighted by molar-refractivity contribution is 0.775. The molecule has 0 radical (unpaired) electrons. The summed E-state index contributed by atoms with van der Waals surface area (Å²) < 4.78 is 0. The van der Waals surface area contributed by atoms with Gasteiger partial charge in [-0.25, -0.2) is 0 Å². The smallest absolute Gasteiger partial charge is 0.243 e. The number of benzene rings is 8. The van der Waals surface area contributed by atoms with E-state index in [4.69, 9.17) is 0 Å². The predicted molar refractivity (Wildman–Crippen MR) is 214 cm³/mol. The first-order valence-electron chi connectivity index (χ1n) is 17.9. The van der Waals surface area contributed by atoms with Crippen LogP contribution in [0, 0.1) is 0 Å². The Morgan fingerprint density at radius 1 is 0.333 bits per heavy atom. The minimum Gasteiger partial charge on any atom is -0.311 e. The molecule has 1 nitrogen and oxygen atoms in total. The summed E-state index contributed by atoms with van der Waals surface area (Å²) >= 11 is 0. The minimum atomic E-state index is -0.388. The zero-order valence-electron chi connectivity index (χ0n) is 28.0. The van der Waals surface area contributed by atoms with E-state index in [9.17, 15) is 0 Å². The summed E-state index contributed by atoms with van der Waals surface area (Å²) in [5, 5.41) is 0. The van der Waals surface area contributed by atoms with Crippen LogP contribution >= 0.6 is 0 Å². The SMILES string of the molecule is c1ccc(N(c2ccccc2)c2ccc(-c3ccc4c(c3)-c3ccccc3C43c4ccccc4B4c5ccccc5-c5cccc3c54)cc2)cc1. The van der Waals surface area contributed by atoms with Crippen molar-refractivity contribution in [1.29, 1.82) is 0 Å². The molecule has 8 aromatic rings. The van der Waals surface area contributed by atoms with Crippen molar-refractivity contribution in [3.05, 3.63) is 216 Å². The van der Waals surface area contributed by atoms with Gasteiger partial charge in [-0.05, 0) is 98.1 Å². The minimum absolute atomic E-state index is 0.245. The second kappa shape index (κ2) is 10.8. The van der Waals surface area contributed by atoms with Gasteiger partial charge in [0.25, 0.3) is 0 Å². The largest absolute Gasteiger partial charge is 0.311 e. The number of nitrogens with zero attached hydrogens (tertiary/aromatic N) is 1. The fraction of sp³-hybridized carbons (Fsp3) is 0.0204. The Kier molecular flexibility index (Phi) is 6.03. The molecule has 0 fully saturated rings. The average Bonchev–Trinajstić information content (AvgIpc) is 3.70. The first kappa shape index (κ1) is 28.5. The zero-order valence-corrected chi connectivity index (χ0v) is 28.0. The molecule has 8 aromatic carbocycles. The van der Waals surface area contributed by atoms with E-state index in [-0.39, 0.29) is 12.1 Å². The lowest BCUT2D eigenvalue weighted by Crippen LogP contribution is -2.59. The van der Waals surface area contributed by atoms with Gasteiger partial charge >= 0.3 is 0 Å². The molecule has 1 aliphatic carbocycles. The Balaban J connectivity index is 1.09. The molecule has 0 amide bonds. The van der Waals surface area contributed by atoms with Crippen LogP contribution in [0.15, 0.2) is 194 Å². The maximum Gasteiger partial charge on any atom is 0.243 e. The van der Waals surface area contributed by atoms with Crippen molar-refractivity contribution in [2.24, 2.45) is 0 Å². The highest BCUT2D eigenvalue weighted by molar-refractivity contribution is 7.00. The van der Waals surface area contributed by atoms with Crippen LogP contribution in [0.25, 0.3) is 33.4 Å². The molecule has 0 saturated heterocycles. The van der Waals surface area contributed by atoms with Crippen molar-refractivity contribution >= 4 is 40.2 Å². The Labute approximate surface area is 299 Å². The zero-order chi connectivity index (χ0) is 33.5. The van der Waals surface area contributed by atoms with Crippen molar-refractivity contribution < 1.29 is 0 Å². The first-order valence-corrected chi connectivity index (χ1v) is 17.9. The summed E-state index contributed by atoms with van der Waals surface area (Å²) in [5.74, 6) is 0. The summed E-state index contributed by atoms with van der Waals surface area (Å²) in [4.78, 5) is 2.32. The molecule has 0 saturated carbocycles. The van der Waals surface area contributed by atoms with E-state index in [0.717, 1.165) is 17.1 Å². The molecule has 2 heteroatoms. The Bertz CT molecular complexity index is 2600. The molecule has 11 rings (SSSR count). The topological polar surface area (TPSA) is 3.24 Å². The fourth-order valence-electron chi connectivity index (χ4n) is 9.59. The van der Waals surface area contributed by atoms with Crippen molar-refractivity contribution in [2.75, 3.05) is 4.90 Å². The van der Waals surface area contributed by atoms with Crippen LogP contribution in [-0.2, 0) is 5.41 Å². The van der Waals surface area contributed by atoms with E-state index in [1.807, 2.05) is 0 Å². The highest BCUT2D eigenvalue weighted by atomic mass is 15.1. The highest BCUT2D eigenvalue weighted by Gasteiger charge is 2.54. The molecule has 1 atom stereocenters. The Morgan fingerprint density at radius 2 is 0.863 bits per heavy atom. The summed E-state index contributed by atoms with van der Waals surface area (Å²) in [7, 11) is 0. The lowest BCUT2D eigenvalue weighted by Gasteiger charge is -2.42. The molecule has 3 aliphatic rings. The maximum atomic E-state index is 2.44. The standard InChI is InChI=1S/C49H32BN/c1-3-14-35(15-4-1)51(36-16-5-2-6-17-36)37-29-26-33(27-30-37)34-28-31-43-41(32-34)38-18-7-9-21-42(38)49(43)44-22-10-12-25-47(44)50-46-24-11-8-19-39(46)40-20-13-23-45(49)48(40)50/h1-32H. The summed E-state index contributed by atoms with van der Waals surface area (Å²) in [6, 6.07) is 71.9. The van der Waals surface area contributed by atoms with Crippen LogP contribution in [0.3, 0.4) is 0 Å². The van der Waals surface area contributed by atoms with Gasteiger partial charge in [0, 0.05) is 17.1 Å². The molecule has 0 bridgehead atoms. The third-order valence-electron chi connectivity index (χ3n) is 11.6. The molecule has 1 spiro atoms. The molecule has 51 heavy (non-hydrogen) atoms. The molecular formula is C49H32BN. The Morgan fingerprint density at radius 3 is 1.61 bits per heavy atom. The second-order valence-electron chi connectivity index (χ2n) is 14.0. The monoisotopic (exact) mass is 645 g/mol. The van der Waals surface area contributed by atoms with Crippen molar-refractivity contribution in [3.63, 3.8) is 0 Å². The Hall–Kier alpha value is -6.38. The van der Waals surface area contributed by atoms with Gasteiger partial charge in [0.05, 0.1) is 5.41 Å². The quantitative estimate of drug-likeness (QED) is 0.172. The van der Waals surface area contributed by atoms with Crippen LogP contribution in [0.2, 0.25) is 0 Å². The molecule has 236 valence electrons. The van der Waals surface area contributed by atoms with Gasteiger partial charge in [0.2, 0.25) is 6.71 Å². The normalized spacial score (nSPS) is 15.5. The molecule has 2 aliphatic heterocycles. The van der Waals surface area contributed by atoms with Crippen molar-refractivity contribution in [1.82, 2.24) is 0 Å². The highest BCUT2D eigenvalue weighted by Crippen LogP contribution is 2.57. The third-order valence-corrected chi connectivity index (χ3v) is 11.6. The molecule has 1 unspecified atom stereocenters. The number of fused-ring (bicyclic) bond motifs is 12. The number of hydrogen-bond donors (Lipinski definition) is 0. The number of rotatable bonds is 4. The van der Waals surface area contributed by atoms with Gasteiger partial charge in [0.1, 0.15) is 0 Å². The number of para-hydroxylation sites is 2. The second-order valence-corrected chi connectivity index (χ2v) is 14.0. The van der Waals surface area contributed by atoms with Crippen LogP contribution in [0.1, 0.15) is 22.3 Å². The van der Waals surface area contributed by atoms with E-state index in [1.54, 1.807) is 0 Å². The summed E-state index contributed by atoms with van der Waals surface area (Å²) in [6.07, 6.45) is 0. The molecule has 0 aromatic heterocycles. The van der Waals surface area contributed by atoms with E-state index >= 15 is 0 Å². The fourth-order valence-corrected chi connectivity index (χ4v) is 9.59. The third kappa shape index (κ3) is 3.88. The number of hydrogen-bond acceptors (Lipinski definition) is 1. The summed E-state index contributed by atoms with van der Waals surface area (Å²) in [5.41, 5.74) is 20.8. The van der Waals surface area contributed by atoms with Gasteiger partial charge in [-0.2, -0.15) is 0 Å². The predicted octanol–water partition coefficient (Wildman–Crippen LogP) is 10.00. The van der Waals surface area contributed by atoms with Gasteiger partial charge in [0.15, 0.2) is 0 Å². The van der Waals surface area contributed by atoms with E-state index in [1.165, 1.54) is 72.0 Å². The van der Waals surface area contributed by atoms with Crippen molar-refractivity contribution in [2.45, 2.75) is 5.41 Å². The van der Waals surface area contributed by atoms with Crippen LogP contribution < -0.4 is 21.3 Å². The van der Waals surface area contributed by atoms with E-state index < -0.39 is 0 Å². The van der Waals surface area contributed by atoms with Gasteiger partial charge in [-0.15, -0.1) is 0 Å². The van der Waals surface area contributed by atoms with Crippen molar-refractivity contribution in [3.8, 4) is 33.4 Å². The van der Waals surface area contributed by atoms with E-state index in [0.29, 0.717) is 0 Å². The van der Waals surface area contributed by atoms with Gasteiger partial charge in [-0.1, -0.05) is 168 Å². The van der Waals surface area contributed by atoms with Crippen LogP contribution in [-0.4, -0.2) is 6.71 Å². The summed E-state index contributed by atoms with van der Waals surface area (Å²) in [6.45, 7) is 0.245. The molecule has 2 heterocycles. The van der Waals surface area contributed by atoms with Gasteiger partial charge in [-0.3, -0.25) is 0 Å². The number of anilines is 3. The maximum absolute atomic E-state index is 2.44. The van der Waals surface area contributed by atoms with Crippen LogP contribution in [0.5, 0.6) is 0 Å². The first-order chi connectivity index (χ1) is 25.3. The lowest BCUT2D eigenvalue weighted by atomic mass is 9.32. The van der Waals surface area contributed by atoms with E-state index in [2.05, 4.69) is 199 Å². The molecular weight excluding hydrogens is 613 g/mol. The average molecular weight is 646 g/mol. The van der Waals surface area contributed by atoms with Crippen LogP contribution in [0.4, 0.5) is 17.1 Å². The van der Waals surface area contributed by atoms with Gasteiger partial charge < -0.3 is 4.90 Å².